The minimum Gasteiger partial charge on any atom is -0.457 e. The lowest BCUT2D eigenvalue weighted by molar-refractivity contribution is 0.102. The molecule has 1 N–H and O–H groups in total. The van der Waals surface area contributed by atoms with Gasteiger partial charge in [0.05, 0.1) is 0 Å². The van der Waals surface area contributed by atoms with E-state index < -0.39 is 0 Å². The lowest BCUT2D eigenvalue weighted by Gasteiger charge is -2.07. The monoisotopic (exact) mass is 371 g/mol. The maximum Gasteiger partial charge on any atom is 0.322 e. The Morgan fingerprint density at radius 3 is 2.43 bits per heavy atom. The van der Waals surface area contributed by atoms with Gasteiger partial charge in [0, 0.05) is 11.1 Å². The topological polar surface area (TPSA) is 77.2 Å². The van der Waals surface area contributed by atoms with Crippen molar-refractivity contribution in [1.29, 1.82) is 0 Å². The van der Waals surface area contributed by atoms with E-state index in [2.05, 4.69) is 15.5 Å². The van der Waals surface area contributed by atoms with Crippen molar-refractivity contribution in [3.63, 3.8) is 0 Å². The molecule has 4 rings (SSSR count). The van der Waals surface area contributed by atoms with Gasteiger partial charge in [-0.2, -0.15) is 0 Å². The van der Waals surface area contributed by atoms with Gasteiger partial charge in [-0.3, -0.25) is 10.1 Å². The largest absolute Gasteiger partial charge is 0.457 e. The molecule has 0 aliphatic rings. The number of anilines is 1. The molecule has 4 aromatic rings. The van der Waals surface area contributed by atoms with Crippen LogP contribution < -0.4 is 10.1 Å². The van der Waals surface area contributed by atoms with E-state index in [-0.39, 0.29) is 11.9 Å². The first-order chi connectivity index (χ1) is 13.7. The Kier molecular flexibility index (Phi) is 4.84. The number of hydrogen-bond acceptors (Lipinski definition) is 5. The van der Waals surface area contributed by atoms with Gasteiger partial charge in [-0.1, -0.05) is 47.1 Å². The summed E-state index contributed by atoms with van der Waals surface area (Å²) in [5.41, 5.74) is 2.34. The second-order valence-electron chi connectivity index (χ2n) is 6.18. The predicted octanol–water partition coefficient (Wildman–Crippen LogP) is 5.09. The molecule has 6 heteroatoms. The van der Waals surface area contributed by atoms with Gasteiger partial charge < -0.3 is 9.15 Å². The number of benzene rings is 3. The van der Waals surface area contributed by atoms with E-state index in [9.17, 15) is 4.79 Å². The highest BCUT2D eigenvalue weighted by Crippen LogP contribution is 2.23. The van der Waals surface area contributed by atoms with E-state index in [1.807, 2.05) is 61.5 Å². The number of aryl methyl sites for hydroxylation is 1. The number of para-hydroxylation sites is 1. The van der Waals surface area contributed by atoms with Crippen LogP contribution in [0.1, 0.15) is 15.9 Å². The summed E-state index contributed by atoms with van der Waals surface area (Å²) < 4.78 is 11.3. The van der Waals surface area contributed by atoms with Gasteiger partial charge in [0.1, 0.15) is 11.5 Å². The van der Waals surface area contributed by atoms with E-state index in [1.165, 1.54) is 0 Å². The number of hydrogen-bond donors (Lipinski definition) is 1. The summed E-state index contributed by atoms with van der Waals surface area (Å²) in [4.78, 5) is 12.5. The van der Waals surface area contributed by atoms with Crippen molar-refractivity contribution in [1.82, 2.24) is 10.2 Å². The van der Waals surface area contributed by atoms with Crippen LogP contribution in [-0.2, 0) is 0 Å². The van der Waals surface area contributed by atoms with E-state index >= 15 is 0 Å². The zero-order valence-corrected chi connectivity index (χ0v) is 15.1. The smallest absolute Gasteiger partial charge is 0.322 e. The molecule has 0 spiro atoms. The molecule has 138 valence electrons. The molecule has 1 heterocycles. The van der Waals surface area contributed by atoms with Crippen LogP contribution in [0, 0.1) is 6.92 Å². The highest BCUT2D eigenvalue weighted by Gasteiger charge is 2.13. The van der Waals surface area contributed by atoms with Crippen LogP contribution in [0.25, 0.3) is 11.5 Å². The quantitative estimate of drug-likeness (QED) is 0.529. The zero-order chi connectivity index (χ0) is 19.3. The first kappa shape index (κ1) is 17.5. The van der Waals surface area contributed by atoms with Gasteiger partial charge in [0.2, 0.25) is 5.89 Å². The minimum absolute atomic E-state index is 0.0370. The second kappa shape index (κ2) is 7.75. The molecule has 0 fully saturated rings. The lowest BCUT2D eigenvalue weighted by atomic mass is 10.1. The molecule has 1 aromatic heterocycles. The second-order valence-corrected chi connectivity index (χ2v) is 6.18. The molecular formula is C22H17N3O3. The van der Waals surface area contributed by atoms with Gasteiger partial charge in [-0.25, -0.2) is 0 Å². The summed E-state index contributed by atoms with van der Waals surface area (Å²) in [5, 5.41) is 10.5. The molecule has 0 radical (unpaired) electrons. The summed E-state index contributed by atoms with van der Waals surface area (Å²) in [6.45, 7) is 2.00. The Hall–Kier alpha value is -3.93. The molecule has 6 nitrogen and oxygen atoms in total. The number of nitrogens with one attached hydrogen (secondary N) is 1. The van der Waals surface area contributed by atoms with Gasteiger partial charge >= 0.3 is 6.01 Å². The van der Waals surface area contributed by atoms with Crippen molar-refractivity contribution in [2.24, 2.45) is 0 Å². The molecule has 0 saturated heterocycles. The van der Waals surface area contributed by atoms with Crippen molar-refractivity contribution in [2.75, 3.05) is 5.32 Å². The fourth-order valence-corrected chi connectivity index (χ4v) is 2.58. The Labute approximate surface area is 161 Å². The zero-order valence-electron chi connectivity index (χ0n) is 15.1. The summed E-state index contributed by atoms with van der Waals surface area (Å²) in [5.74, 6) is 1.23. The van der Waals surface area contributed by atoms with E-state index in [0.717, 1.165) is 11.1 Å². The molecule has 3 aromatic carbocycles. The number of ether oxygens (including phenoxy) is 1. The average molecular weight is 371 g/mol. The summed E-state index contributed by atoms with van der Waals surface area (Å²) in [6.07, 6.45) is 0. The van der Waals surface area contributed by atoms with E-state index in [1.54, 1.807) is 24.3 Å². The van der Waals surface area contributed by atoms with E-state index in [0.29, 0.717) is 23.0 Å². The first-order valence-electron chi connectivity index (χ1n) is 8.72. The molecule has 1 amide bonds. The lowest BCUT2D eigenvalue weighted by Crippen LogP contribution is -2.12. The molecule has 0 aliphatic carbocycles. The van der Waals surface area contributed by atoms with Crippen LogP contribution >= 0.6 is 0 Å². The third kappa shape index (κ3) is 4.07. The number of carbonyl (C=O) groups excluding carboxylic acids is 1. The van der Waals surface area contributed by atoms with Crippen molar-refractivity contribution >= 4 is 11.9 Å². The highest BCUT2D eigenvalue weighted by molar-refractivity contribution is 6.03. The minimum atomic E-state index is -0.363. The normalized spacial score (nSPS) is 10.5. The van der Waals surface area contributed by atoms with Crippen molar-refractivity contribution < 1.29 is 13.9 Å². The van der Waals surface area contributed by atoms with Crippen molar-refractivity contribution in [2.45, 2.75) is 6.92 Å². The fraction of sp³-hybridized carbons (Fsp3) is 0.0455. The number of amides is 1. The molecule has 28 heavy (non-hydrogen) atoms. The van der Waals surface area contributed by atoms with Crippen LogP contribution in [0.15, 0.2) is 83.3 Å². The molecule has 0 saturated carbocycles. The van der Waals surface area contributed by atoms with Gasteiger partial charge in [0.15, 0.2) is 0 Å². The van der Waals surface area contributed by atoms with Crippen LogP contribution in [-0.4, -0.2) is 16.1 Å². The summed E-state index contributed by atoms with van der Waals surface area (Å²) in [7, 11) is 0. The number of rotatable bonds is 5. The third-order valence-electron chi connectivity index (χ3n) is 4.02. The van der Waals surface area contributed by atoms with Gasteiger partial charge in [-0.05, 0) is 49.4 Å². The Balaban J connectivity index is 1.47. The number of nitrogens with zero attached hydrogens (tertiary/aromatic N) is 2. The Bertz CT molecular complexity index is 1090. The van der Waals surface area contributed by atoms with Crippen LogP contribution in [0.4, 0.5) is 6.01 Å². The molecular weight excluding hydrogens is 354 g/mol. The van der Waals surface area contributed by atoms with Gasteiger partial charge in [0.25, 0.3) is 5.91 Å². The van der Waals surface area contributed by atoms with Crippen molar-refractivity contribution in [3.05, 3.63) is 90.0 Å². The fourth-order valence-electron chi connectivity index (χ4n) is 2.58. The molecule has 0 aliphatic heterocycles. The molecule has 0 bridgehead atoms. The predicted molar refractivity (Wildman–Crippen MR) is 105 cm³/mol. The highest BCUT2D eigenvalue weighted by atomic mass is 16.5. The number of aromatic nitrogens is 2. The van der Waals surface area contributed by atoms with Crippen LogP contribution in [0.2, 0.25) is 0 Å². The maximum absolute atomic E-state index is 12.5. The van der Waals surface area contributed by atoms with Crippen molar-refractivity contribution in [3.8, 4) is 23.0 Å². The average Bonchev–Trinajstić information content (AvgIpc) is 3.18. The van der Waals surface area contributed by atoms with Crippen LogP contribution in [0.5, 0.6) is 11.5 Å². The maximum atomic E-state index is 12.5. The van der Waals surface area contributed by atoms with Gasteiger partial charge in [-0.15, -0.1) is 5.10 Å². The molecule has 0 unspecified atom stereocenters. The first-order valence-corrected chi connectivity index (χ1v) is 8.72. The SMILES string of the molecule is Cc1ccc(-c2nnc(NC(=O)c3cccc(Oc4ccccc4)c3)o2)cc1. The van der Waals surface area contributed by atoms with Crippen LogP contribution in [0.3, 0.4) is 0 Å². The summed E-state index contributed by atoms with van der Waals surface area (Å²) in [6, 6.07) is 24.0. The summed E-state index contributed by atoms with van der Waals surface area (Å²) >= 11 is 0. The Morgan fingerprint density at radius 1 is 0.893 bits per heavy atom. The van der Waals surface area contributed by atoms with E-state index in [4.69, 9.17) is 9.15 Å². The Morgan fingerprint density at radius 2 is 1.64 bits per heavy atom. The standard InChI is InChI=1S/C22H17N3O3/c1-15-10-12-16(13-11-15)21-24-25-22(28-21)23-20(26)17-6-5-9-19(14-17)27-18-7-3-2-4-8-18/h2-14H,1H3,(H,23,25,26). The number of carbonyl (C=O) groups is 1. The molecule has 0 atom stereocenters. The third-order valence-corrected chi connectivity index (χ3v) is 4.02.